The third-order valence-corrected chi connectivity index (χ3v) is 4.59. The van der Waals surface area contributed by atoms with Gasteiger partial charge in [-0.1, -0.05) is 18.2 Å². The highest BCUT2D eigenvalue weighted by Crippen LogP contribution is 2.27. The predicted molar refractivity (Wildman–Crippen MR) is 106 cm³/mol. The molecule has 0 aliphatic rings. The van der Waals surface area contributed by atoms with Crippen LogP contribution < -0.4 is 5.56 Å². The van der Waals surface area contributed by atoms with Gasteiger partial charge in [0, 0.05) is 25.0 Å². The molecular formula is C22H17N3O3. The van der Waals surface area contributed by atoms with Crippen molar-refractivity contribution in [2.45, 2.75) is 12.8 Å². The number of Topliss-reactive ketones (excluding diaryl/α,β-unsaturated/α-hetero) is 1. The Morgan fingerprint density at radius 1 is 0.964 bits per heavy atom. The number of pyridine rings is 3. The third-order valence-electron chi connectivity index (χ3n) is 4.59. The first-order valence-electron chi connectivity index (χ1n) is 8.87. The van der Waals surface area contributed by atoms with E-state index in [0.717, 1.165) is 5.56 Å². The van der Waals surface area contributed by atoms with Crippen molar-refractivity contribution in [2.24, 2.45) is 0 Å². The van der Waals surface area contributed by atoms with Crippen LogP contribution in [-0.2, 0) is 6.42 Å². The zero-order chi connectivity index (χ0) is 19.5. The highest BCUT2D eigenvalue weighted by Gasteiger charge is 2.23. The van der Waals surface area contributed by atoms with Crippen LogP contribution in [0, 0.1) is 0 Å². The van der Waals surface area contributed by atoms with Crippen LogP contribution in [0.5, 0.6) is 5.75 Å². The minimum absolute atomic E-state index is 0.105. The molecule has 0 bridgehead atoms. The fourth-order valence-corrected chi connectivity index (χ4v) is 3.20. The first-order chi connectivity index (χ1) is 13.7. The van der Waals surface area contributed by atoms with Crippen molar-refractivity contribution >= 4 is 16.8 Å². The molecule has 4 rings (SSSR count). The Bertz CT molecular complexity index is 1200. The molecule has 138 valence electrons. The summed E-state index contributed by atoms with van der Waals surface area (Å²) < 4.78 is 1.37. The van der Waals surface area contributed by atoms with Gasteiger partial charge in [-0.3, -0.25) is 19.1 Å². The maximum atomic E-state index is 13.2. The van der Waals surface area contributed by atoms with Crippen LogP contribution in [0.4, 0.5) is 0 Å². The number of nitrogens with zero attached hydrogens (tertiary/aromatic N) is 3. The molecule has 3 heterocycles. The number of carbonyl (C=O) groups is 1. The van der Waals surface area contributed by atoms with Crippen molar-refractivity contribution in [2.75, 3.05) is 0 Å². The van der Waals surface area contributed by atoms with E-state index in [2.05, 4.69) is 9.97 Å². The summed E-state index contributed by atoms with van der Waals surface area (Å²) in [6, 6.07) is 15.9. The van der Waals surface area contributed by atoms with E-state index >= 15 is 0 Å². The molecule has 0 fully saturated rings. The van der Waals surface area contributed by atoms with Crippen molar-refractivity contribution in [3.63, 3.8) is 0 Å². The van der Waals surface area contributed by atoms with Gasteiger partial charge in [-0.15, -0.1) is 0 Å². The van der Waals surface area contributed by atoms with Crippen molar-refractivity contribution in [3.05, 3.63) is 94.7 Å². The van der Waals surface area contributed by atoms with E-state index in [-0.39, 0.29) is 17.7 Å². The summed E-state index contributed by atoms with van der Waals surface area (Å²) in [7, 11) is 0. The summed E-state index contributed by atoms with van der Waals surface area (Å²) in [5.41, 5.74) is 1.04. The molecule has 6 heteroatoms. The molecule has 1 N–H and O–H groups in total. The monoisotopic (exact) mass is 371 g/mol. The predicted octanol–water partition coefficient (Wildman–Crippen LogP) is 3.30. The summed E-state index contributed by atoms with van der Waals surface area (Å²) in [6.07, 6.45) is 5.42. The van der Waals surface area contributed by atoms with E-state index in [9.17, 15) is 14.7 Å². The van der Waals surface area contributed by atoms with Gasteiger partial charge in [-0.05, 0) is 48.4 Å². The second-order valence-electron chi connectivity index (χ2n) is 6.35. The van der Waals surface area contributed by atoms with Crippen LogP contribution in [-0.4, -0.2) is 25.4 Å². The van der Waals surface area contributed by atoms with E-state index in [1.54, 1.807) is 55.0 Å². The zero-order valence-electron chi connectivity index (χ0n) is 14.9. The molecule has 6 nitrogen and oxygen atoms in total. The average Bonchev–Trinajstić information content (AvgIpc) is 2.74. The second-order valence-corrected chi connectivity index (χ2v) is 6.35. The lowest BCUT2D eigenvalue weighted by atomic mass is 10.0. The average molecular weight is 371 g/mol. The Kier molecular flexibility index (Phi) is 4.68. The zero-order valence-corrected chi connectivity index (χ0v) is 14.9. The van der Waals surface area contributed by atoms with Gasteiger partial charge in [0.25, 0.3) is 5.56 Å². The SMILES string of the molecule is O=C(CCc1ccncc1)c1c(O)c2cccnc2n(-c2ccccc2)c1=O. The van der Waals surface area contributed by atoms with E-state index in [0.29, 0.717) is 23.1 Å². The van der Waals surface area contributed by atoms with Crippen LogP contribution in [0.25, 0.3) is 16.7 Å². The Labute approximate surface area is 160 Å². The molecule has 0 unspecified atom stereocenters. The molecule has 0 aliphatic carbocycles. The fourth-order valence-electron chi connectivity index (χ4n) is 3.20. The normalized spacial score (nSPS) is 10.9. The molecule has 0 saturated heterocycles. The highest BCUT2D eigenvalue weighted by atomic mass is 16.3. The third kappa shape index (κ3) is 3.16. The summed E-state index contributed by atoms with van der Waals surface area (Å²) in [5.74, 6) is -0.727. The van der Waals surface area contributed by atoms with Crippen molar-refractivity contribution in [1.82, 2.24) is 14.5 Å². The molecule has 0 aliphatic heterocycles. The van der Waals surface area contributed by atoms with E-state index in [1.807, 2.05) is 18.2 Å². The summed E-state index contributed by atoms with van der Waals surface area (Å²) in [6.45, 7) is 0. The molecule has 0 amide bonds. The molecule has 0 saturated carbocycles. The molecule has 3 aromatic heterocycles. The van der Waals surface area contributed by atoms with Gasteiger partial charge >= 0.3 is 0 Å². The molecule has 4 aromatic rings. The second kappa shape index (κ2) is 7.44. The largest absolute Gasteiger partial charge is 0.506 e. The Balaban J connectivity index is 1.85. The van der Waals surface area contributed by atoms with E-state index < -0.39 is 11.3 Å². The van der Waals surface area contributed by atoms with Crippen LogP contribution in [0.2, 0.25) is 0 Å². The summed E-state index contributed by atoms with van der Waals surface area (Å²) in [4.78, 5) is 34.3. The van der Waals surface area contributed by atoms with Gasteiger partial charge in [0.15, 0.2) is 11.4 Å². The molecular weight excluding hydrogens is 354 g/mol. The van der Waals surface area contributed by atoms with Crippen molar-refractivity contribution in [1.29, 1.82) is 0 Å². The number of ketones is 1. The molecule has 0 radical (unpaired) electrons. The summed E-state index contributed by atoms with van der Waals surface area (Å²) in [5, 5.41) is 11.0. The number of aromatic hydroxyl groups is 1. The van der Waals surface area contributed by atoms with Gasteiger partial charge in [0.1, 0.15) is 11.3 Å². The van der Waals surface area contributed by atoms with Gasteiger partial charge in [0.05, 0.1) is 11.1 Å². The van der Waals surface area contributed by atoms with E-state index in [4.69, 9.17) is 0 Å². The van der Waals surface area contributed by atoms with Gasteiger partial charge in [-0.2, -0.15) is 0 Å². The Morgan fingerprint density at radius 3 is 2.46 bits per heavy atom. The van der Waals surface area contributed by atoms with Gasteiger partial charge in [0.2, 0.25) is 0 Å². The number of para-hydroxylation sites is 1. The van der Waals surface area contributed by atoms with Gasteiger partial charge in [-0.25, -0.2) is 4.98 Å². The maximum Gasteiger partial charge on any atom is 0.271 e. The minimum Gasteiger partial charge on any atom is -0.506 e. The molecule has 28 heavy (non-hydrogen) atoms. The van der Waals surface area contributed by atoms with Crippen molar-refractivity contribution < 1.29 is 9.90 Å². The number of hydrogen-bond donors (Lipinski definition) is 1. The number of benzene rings is 1. The van der Waals surface area contributed by atoms with E-state index in [1.165, 1.54) is 4.57 Å². The number of aromatic nitrogens is 3. The number of hydrogen-bond acceptors (Lipinski definition) is 5. The smallest absolute Gasteiger partial charge is 0.271 e. The highest BCUT2D eigenvalue weighted by molar-refractivity contribution is 6.03. The maximum absolute atomic E-state index is 13.2. The number of aryl methyl sites for hydroxylation is 1. The fraction of sp³-hybridized carbons (Fsp3) is 0.0909. The van der Waals surface area contributed by atoms with Gasteiger partial charge < -0.3 is 5.11 Å². The van der Waals surface area contributed by atoms with Crippen molar-refractivity contribution in [3.8, 4) is 11.4 Å². The van der Waals surface area contributed by atoms with Crippen LogP contribution in [0.3, 0.4) is 0 Å². The number of rotatable bonds is 5. The number of carbonyl (C=O) groups excluding carboxylic acids is 1. The molecule has 0 atom stereocenters. The standard InChI is InChI=1S/C22H17N3O3/c26-18(9-8-15-10-13-23-14-11-15)19-20(27)17-7-4-12-24-21(17)25(22(19)28)16-5-2-1-3-6-16/h1-7,10-14,27H,8-9H2. The summed E-state index contributed by atoms with van der Waals surface area (Å²) >= 11 is 0. The first-order valence-corrected chi connectivity index (χ1v) is 8.87. The Hall–Kier alpha value is -3.80. The lowest BCUT2D eigenvalue weighted by Crippen LogP contribution is -2.26. The lowest BCUT2D eigenvalue weighted by Gasteiger charge is -2.13. The number of fused-ring (bicyclic) bond motifs is 1. The Morgan fingerprint density at radius 2 is 1.71 bits per heavy atom. The van der Waals surface area contributed by atoms with Crippen LogP contribution in [0.15, 0.2) is 78.0 Å². The molecule has 0 spiro atoms. The topological polar surface area (TPSA) is 85.1 Å². The molecule has 1 aromatic carbocycles. The lowest BCUT2D eigenvalue weighted by molar-refractivity contribution is 0.0978. The quantitative estimate of drug-likeness (QED) is 0.544. The van der Waals surface area contributed by atoms with Crippen LogP contribution in [0.1, 0.15) is 22.3 Å². The van der Waals surface area contributed by atoms with Crippen LogP contribution >= 0.6 is 0 Å². The first kappa shape index (κ1) is 17.6. The minimum atomic E-state index is -0.574.